The summed E-state index contributed by atoms with van der Waals surface area (Å²) < 4.78 is 12.2. The van der Waals surface area contributed by atoms with Crippen LogP contribution in [0.3, 0.4) is 0 Å². The summed E-state index contributed by atoms with van der Waals surface area (Å²) in [6, 6.07) is 5.59. The molecule has 4 rings (SSSR count). The molecule has 0 aliphatic heterocycles. The van der Waals surface area contributed by atoms with Gasteiger partial charge in [-0.25, -0.2) is 9.78 Å². The Kier molecular flexibility index (Phi) is 4.72. The number of benzene rings is 1. The van der Waals surface area contributed by atoms with Crippen molar-refractivity contribution in [1.82, 2.24) is 9.97 Å². The standard InChI is InChI=1S/C21H24BrN3O4/c1-20(2,3)21(29-19(23)27)8-6-11(7-9-21)17-24-15-13-10-12(22)4-5-14(13)28-16(15)18(26)25-17/h4-5,10-11H,6-9H2,1-3H3,(H2,23,27)(H,24,25,26). The summed E-state index contributed by atoms with van der Waals surface area (Å²) in [5.41, 5.74) is 5.64. The molecule has 8 heteroatoms. The lowest BCUT2D eigenvalue weighted by Gasteiger charge is -2.47. The third-order valence-corrected chi connectivity index (χ3v) is 6.64. The molecule has 2 heterocycles. The van der Waals surface area contributed by atoms with Crippen molar-refractivity contribution < 1.29 is 13.9 Å². The number of nitrogens with zero attached hydrogens (tertiary/aromatic N) is 1. The largest absolute Gasteiger partial charge is 0.449 e. The fraction of sp³-hybridized carbons (Fsp3) is 0.476. The molecule has 3 aromatic rings. The molecule has 0 atom stereocenters. The minimum absolute atomic E-state index is 0.0659. The lowest BCUT2D eigenvalue weighted by molar-refractivity contribution is -0.0922. The number of hydrogen-bond donors (Lipinski definition) is 2. The maximum Gasteiger partial charge on any atom is 0.405 e. The van der Waals surface area contributed by atoms with Crippen LogP contribution in [0, 0.1) is 5.41 Å². The molecule has 154 valence electrons. The van der Waals surface area contributed by atoms with Gasteiger partial charge in [0.1, 0.15) is 22.5 Å². The molecule has 0 spiro atoms. The molecule has 1 fully saturated rings. The number of ether oxygens (including phenoxy) is 1. The second-order valence-corrected chi connectivity index (χ2v) is 9.73. The number of rotatable bonds is 2. The normalized spacial score (nSPS) is 22.8. The number of primary amides is 1. The fourth-order valence-electron chi connectivity index (χ4n) is 4.39. The molecule has 1 aromatic carbocycles. The molecule has 29 heavy (non-hydrogen) atoms. The zero-order chi connectivity index (χ0) is 21.0. The van der Waals surface area contributed by atoms with Gasteiger partial charge in [0.25, 0.3) is 5.56 Å². The molecular weight excluding hydrogens is 438 g/mol. The predicted molar refractivity (Wildman–Crippen MR) is 114 cm³/mol. The number of H-pyrrole nitrogens is 1. The molecule has 0 radical (unpaired) electrons. The Morgan fingerprint density at radius 1 is 1.34 bits per heavy atom. The molecule has 1 aliphatic carbocycles. The minimum atomic E-state index is -0.748. The van der Waals surface area contributed by atoms with Gasteiger partial charge in [-0.05, 0) is 43.9 Å². The number of aromatic nitrogens is 2. The molecule has 1 aliphatic rings. The first-order valence-corrected chi connectivity index (χ1v) is 10.5. The van der Waals surface area contributed by atoms with E-state index in [9.17, 15) is 9.59 Å². The SMILES string of the molecule is CC(C)(C)C1(OC(N)=O)CCC(c2nc3c(oc4ccc(Br)cc43)c(=O)[nH]2)CC1. The topological polar surface area (TPSA) is 111 Å². The summed E-state index contributed by atoms with van der Waals surface area (Å²) in [6.45, 7) is 6.16. The highest BCUT2D eigenvalue weighted by Crippen LogP contribution is 2.48. The summed E-state index contributed by atoms with van der Waals surface area (Å²) in [7, 11) is 0. The van der Waals surface area contributed by atoms with E-state index in [2.05, 4.69) is 41.7 Å². The van der Waals surface area contributed by atoms with Crippen molar-refractivity contribution in [3.63, 3.8) is 0 Å². The Bertz CT molecular complexity index is 1150. The third kappa shape index (κ3) is 3.43. The number of hydrogen-bond acceptors (Lipinski definition) is 5. The van der Waals surface area contributed by atoms with E-state index in [4.69, 9.17) is 19.9 Å². The maximum absolute atomic E-state index is 12.6. The molecule has 0 unspecified atom stereocenters. The highest BCUT2D eigenvalue weighted by molar-refractivity contribution is 9.10. The lowest BCUT2D eigenvalue weighted by atomic mass is 9.65. The van der Waals surface area contributed by atoms with Gasteiger partial charge in [-0.15, -0.1) is 0 Å². The Morgan fingerprint density at radius 2 is 2.03 bits per heavy atom. The Morgan fingerprint density at radius 3 is 2.66 bits per heavy atom. The van der Waals surface area contributed by atoms with Crippen LogP contribution in [-0.4, -0.2) is 21.7 Å². The predicted octanol–water partition coefficient (Wildman–Crippen LogP) is 4.97. The quantitative estimate of drug-likeness (QED) is 0.559. The summed E-state index contributed by atoms with van der Waals surface area (Å²) in [5.74, 6) is 0.711. The van der Waals surface area contributed by atoms with Gasteiger partial charge in [-0.3, -0.25) is 4.79 Å². The molecular formula is C21H24BrN3O4. The molecule has 0 saturated heterocycles. The van der Waals surface area contributed by atoms with Crippen LogP contribution >= 0.6 is 15.9 Å². The van der Waals surface area contributed by atoms with Crippen molar-refractivity contribution in [1.29, 1.82) is 0 Å². The molecule has 7 nitrogen and oxygen atoms in total. The van der Waals surface area contributed by atoms with Gasteiger partial charge >= 0.3 is 6.09 Å². The first-order chi connectivity index (χ1) is 13.6. The fourth-order valence-corrected chi connectivity index (χ4v) is 4.75. The van der Waals surface area contributed by atoms with E-state index >= 15 is 0 Å². The number of nitrogens with one attached hydrogen (secondary N) is 1. The van der Waals surface area contributed by atoms with Crippen molar-refractivity contribution in [2.24, 2.45) is 11.1 Å². The average molecular weight is 462 g/mol. The van der Waals surface area contributed by atoms with Crippen LogP contribution in [0.25, 0.3) is 22.1 Å². The van der Waals surface area contributed by atoms with Gasteiger partial charge in [0.15, 0.2) is 0 Å². The van der Waals surface area contributed by atoms with Crippen molar-refractivity contribution in [2.45, 2.75) is 58.0 Å². The maximum atomic E-state index is 12.6. The number of carbonyl (C=O) groups is 1. The summed E-state index contributed by atoms with van der Waals surface area (Å²) >= 11 is 3.46. The van der Waals surface area contributed by atoms with Crippen LogP contribution in [0.4, 0.5) is 4.79 Å². The highest BCUT2D eigenvalue weighted by Gasteiger charge is 2.48. The Hall–Kier alpha value is -2.35. The van der Waals surface area contributed by atoms with Crippen LogP contribution in [0.5, 0.6) is 0 Å². The van der Waals surface area contributed by atoms with Crippen LogP contribution < -0.4 is 11.3 Å². The Labute approximate surface area is 176 Å². The van der Waals surface area contributed by atoms with Gasteiger partial charge in [0.05, 0.1) is 0 Å². The number of carbonyl (C=O) groups excluding carboxylic acids is 1. The second kappa shape index (κ2) is 6.86. The molecule has 0 bridgehead atoms. The van der Waals surface area contributed by atoms with Crippen molar-refractivity contribution >= 4 is 44.1 Å². The lowest BCUT2D eigenvalue weighted by Crippen LogP contribution is -2.50. The molecule has 1 saturated carbocycles. The zero-order valence-electron chi connectivity index (χ0n) is 16.7. The monoisotopic (exact) mass is 461 g/mol. The van der Waals surface area contributed by atoms with E-state index < -0.39 is 11.7 Å². The first kappa shape index (κ1) is 19.9. The van der Waals surface area contributed by atoms with E-state index in [1.807, 2.05) is 18.2 Å². The molecule has 2 aromatic heterocycles. The number of fused-ring (bicyclic) bond motifs is 3. The highest BCUT2D eigenvalue weighted by atomic mass is 79.9. The second-order valence-electron chi connectivity index (χ2n) is 8.81. The number of aromatic amines is 1. The van der Waals surface area contributed by atoms with Crippen LogP contribution in [0.15, 0.2) is 31.9 Å². The van der Waals surface area contributed by atoms with Gasteiger partial charge in [0.2, 0.25) is 5.58 Å². The number of furan rings is 1. The van der Waals surface area contributed by atoms with Crippen LogP contribution in [0.2, 0.25) is 0 Å². The smallest absolute Gasteiger partial charge is 0.405 e. The number of halogens is 1. The van der Waals surface area contributed by atoms with Gasteiger partial charge in [0, 0.05) is 21.2 Å². The molecule has 3 N–H and O–H groups in total. The van der Waals surface area contributed by atoms with Gasteiger partial charge in [-0.1, -0.05) is 36.7 Å². The van der Waals surface area contributed by atoms with Crippen molar-refractivity contribution in [2.75, 3.05) is 0 Å². The molecule has 1 amide bonds. The van der Waals surface area contributed by atoms with E-state index in [0.29, 0.717) is 29.8 Å². The van der Waals surface area contributed by atoms with Gasteiger partial charge in [-0.2, -0.15) is 0 Å². The number of nitrogens with two attached hydrogens (primary N) is 1. The summed E-state index contributed by atoms with van der Waals surface area (Å²) in [6.07, 6.45) is 2.03. The number of amides is 1. The summed E-state index contributed by atoms with van der Waals surface area (Å²) in [5, 5.41) is 0.804. The Balaban J connectivity index is 1.69. The van der Waals surface area contributed by atoms with E-state index in [1.54, 1.807) is 0 Å². The van der Waals surface area contributed by atoms with E-state index in [-0.39, 0.29) is 22.5 Å². The zero-order valence-corrected chi connectivity index (χ0v) is 18.3. The van der Waals surface area contributed by atoms with Gasteiger partial charge < -0.3 is 19.9 Å². The first-order valence-electron chi connectivity index (χ1n) is 9.70. The van der Waals surface area contributed by atoms with E-state index in [0.717, 1.165) is 22.7 Å². The van der Waals surface area contributed by atoms with E-state index in [1.165, 1.54) is 0 Å². The average Bonchev–Trinajstić information content (AvgIpc) is 2.99. The minimum Gasteiger partial charge on any atom is -0.449 e. The third-order valence-electron chi connectivity index (χ3n) is 6.15. The van der Waals surface area contributed by atoms with Crippen LogP contribution in [0.1, 0.15) is 58.2 Å². The van der Waals surface area contributed by atoms with Crippen molar-refractivity contribution in [3.05, 3.63) is 38.9 Å². The summed E-state index contributed by atoms with van der Waals surface area (Å²) in [4.78, 5) is 31.8. The van der Waals surface area contributed by atoms with Crippen LogP contribution in [-0.2, 0) is 4.74 Å². The van der Waals surface area contributed by atoms with Crippen molar-refractivity contribution in [3.8, 4) is 0 Å².